The molecule has 0 amide bonds. The number of hydrogen-bond donors (Lipinski definition) is 1. The molecule has 1 nitrogen and oxygen atoms in total. The molecule has 0 aromatic heterocycles. The van der Waals surface area contributed by atoms with Gasteiger partial charge < -0.3 is 0 Å². The predicted molar refractivity (Wildman–Crippen MR) is 131 cm³/mol. The third-order valence-electron chi connectivity index (χ3n) is 7.41. The number of allylic oxidation sites excluding steroid dienone is 4. The van der Waals surface area contributed by atoms with Crippen LogP contribution in [0.2, 0.25) is 0 Å². The van der Waals surface area contributed by atoms with E-state index in [9.17, 15) is 5.41 Å². The van der Waals surface area contributed by atoms with E-state index in [1.165, 1.54) is 55.3 Å². The normalized spacial score (nSPS) is 16.7. The van der Waals surface area contributed by atoms with Crippen molar-refractivity contribution in [1.82, 2.24) is 0 Å². The second-order valence-electron chi connectivity index (χ2n) is 8.87. The van der Waals surface area contributed by atoms with Crippen LogP contribution in [0.5, 0.6) is 0 Å². The highest BCUT2D eigenvalue weighted by atomic mass is 14.4. The van der Waals surface area contributed by atoms with Crippen LogP contribution in [-0.4, -0.2) is 5.71 Å². The van der Waals surface area contributed by atoms with Crippen LogP contribution in [0.1, 0.15) is 61.1 Å². The molecule has 1 unspecified atom stereocenters. The molecular weight excluding hydrogens is 362 g/mol. The molecular formula is C29H31N. The van der Waals surface area contributed by atoms with Gasteiger partial charge in [0.1, 0.15) is 0 Å². The number of fused-ring (bicyclic) bond motifs is 1. The molecule has 0 fully saturated rings. The van der Waals surface area contributed by atoms with Crippen molar-refractivity contribution in [2.45, 2.75) is 48.5 Å². The van der Waals surface area contributed by atoms with E-state index in [0.29, 0.717) is 11.6 Å². The fourth-order valence-electron chi connectivity index (χ4n) is 4.84. The highest BCUT2D eigenvalue weighted by molar-refractivity contribution is 6.16. The molecule has 4 rings (SSSR count). The molecule has 1 N–H and O–H groups in total. The Kier molecular flexibility index (Phi) is 5.02. The Bertz CT molecular complexity index is 1270. The Balaban J connectivity index is 2.00. The molecule has 1 heteroatoms. The van der Waals surface area contributed by atoms with Gasteiger partial charge in [-0.25, -0.2) is 0 Å². The molecule has 0 aliphatic heterocycles. The number of hydrogen-bond acceptors (Lipinski definition) is 1. The van der Waals surface area contributed by atoms with Crippen LogP contribution in [0.15, 0.2) is 65.3 Å². The summed E-state index contributed by atoms with van der Waals surface area (Å²) in [6, 6.07) is 17.3. The largest absolute Gasteiger partial charge is 0.300 e. The minimum atomic E-state index is 0.374. The number of nitrogens with one attached hydrogen (secondary N) is 1. The van der Waals surface area contributed by atoms with Crippen molar-refractivity contribution in [3.05, 3.63) is 98.6 Å². The Morgan fingerprint density at radius 2 is 1.37 bits per heavy atom. The van der Waals surface area contributed by atoms with Crippen LogP contribution in [0.25, 0.3) is 16.3 Å². The molecule has 0 radical (unpaired) electrons. The minimum absolute atomic E-state index is 0.374. The van der Waals surface area contributed by atoms with E-state index in [2.05, 4.69) is 97.0 Å². The molecule has 1 aliphatic carbocycles. The maximum absolute atomic E-state index is 9.25. The third-order valence-corrected chi connectivity index (χ3v) is 7.41. The maximum Gasteiger partial charge on any atom is 0.0693 e. The summed E-state index contributed by atoms with van der Waals surface area (Å²) < 4.78 is 0. The fraction of sp³-hybridized carbons (Fsp3) is 0.276. The van der Waals surface area contributed by atoms with Gasteiger partial charge in [0.2, 0.25) is 0 Å². The first-order valence-corrected chi connectivity index (χ1v) is 10.8. The molecule has 3 aromatic carbocycles. The van der Waals surface area contributed by atoms with Gasteiger partial charge in [0.05, 0.1) is 5.71 Å². The van der Waals surface area contributed by atoms with E-state index in [4.69, 9.17) is 0 Å². The number of rotatable bonds is 3. The molecule has 0 saturated carbocycles. The summed E-state index contributed by atoms with van der Waals surface area (Å²) in [4.78, 5) is 0. The molecule has 0 bridgehead atoms. The molecule has 3 aromatic rings. The average molecular weight is 394 g/mol. The number of aryl methyl sites for hydroxylation is 1. The van der Waals surface area contributed by atoms with Gasteiger partial charge in [-0.2, -0.15) is 0 Å². The molecule has 0 saturated heterocycles. The fourth-order valence-corrected chi connectivity index (χ4v) is 4.84. The van der Waals surface area contributed by atoms with Crippen molar-refractivity contribution in [3.63, 3.8) is 0 Å². The van der Waals surface area contributed by atoms with Gasteiger partial charge in [0.25, 0.3) is 0 Å². The van der Waals surface area contributed by atoms with Crippen LogP contribution in [0, 0.1) is 32.1 Å². The smallest absolute Gasteiger partial charge is 0.0693 e. The van der Waals surface area contributed by atoms with Crippen molar-refractivity contribution in [1.29, 1.82) is 5.41 Å². The first kappa shape index (κ1) is 20.3. The zero-order valence-electron chi connectivity index (χ0n) is 19.2. The summed E-state index contributed by atoms with van der Waals surface area (Å²) >= 11 is 0. The van der Waals surface area contributed by atoms with Crippen LogP contribution >= 0.6 is 0 Å². The minimum Gasteiger partial charge on any atom is -0.300 e. The second-order valence-corrected chi connectivity index (χ2v) is 8.87. The number of benzene rings is 3. The van der Waals surface area contributed by atoms with Gasteiger partial charge in [-0.3, -0.25) is 5.41 Å². The molecule has 1 atom stereocenters. The summed E-state index contributed by atoms with van der Waals surface area (Å²) in [5.74, 6) is 0.374. The van der Waals surface area contributed by atoms with Gasteiger partial charge in [-0.15, -0.1) is 0 Å². The SMILES string of the molecule is CC1=C(C)C(C)C(c2cc3ccccc3cc2C(=N)c2ccc(C)c(C)c2C)=C1C. The Morgan fingerprint density at radius 3 is 1.97 bits per heavy atom. The van der Waals surface area contributed by atoms with Crippen molar-refractivity contribution in [2.75, 3.05) is 0 Å². The van der Waals surface area contributed by atoms with Crippen molar-refractivity contribution in [3.8, 4) is 0 Å². The highest BCUT2D eigenvalue weighted by Gasteiger charge is 2.28. The van der Waals surface area contributed by atoms with Crippen LogP contribution in [0.4, 0.5) is 0 Å². The lowest BCUT2D eigenvalue weighted by molar-refractivity contribution is 0.895. The third kappa shape index (κ3) is 3.04. The van der Waals surface area contributed by atoms with E-state index in [1.54, 1.807) is 0 Å². The lowest BCUT2D eigenvalue weighted by atomic mass is 9.83. The van der Waals surface area contributed by atoms with E-state index < -0.39 is 0 Å². The zero-order valence-corrected chi connectivity index (χ0v) is 19.2. The van der Waals surface area contributed by atoms with Crippen molar-refractivity contribution < 1.29 is 0 Å². The highest BCUT2D eigenvalue weighted by Crippen LogP contribution is 2.44. The van der Waals surface area contributed by atoms with Gasteiger partial charge in [-0.05, 0) is 103 Å². The molecule has 0 spiro atoms. The van der Waals surface area contributed by atoms with Crippen LogP contribution in [0.3, 0.4) is 0 Å². The molecule has 0 heterocycles. The quantitative estimate of drug-likeness (QED) is 0.437. The van der Waals surface area contributed by atoms with Gasteiger partial charge >= 0.3 is 0 Å². The molecule has 30 heavy (non-hydrogen) atoms. The lowest BCUT2D eigenvalue weighted by Gasteiger charge is -2.20. The Morgan fingerprint density at radius 1 is 0.733 bits per heavy atom. The first-order chi connectivity index (χ1) is 14.2. The van der Waals surface area contributed by atoms with Gasteiger partial charge in [-0.1, -0.05) is 48.9 Å². The van der Waals surface area contributed by atoms with E-state index in [-0.39, 0.29) is 0 Å². The summed E-state index contributed by atoms with van der Waals surface area (Å²) in [6.07, 6.45) is 0. The van der Waals surface area contributed by atoms with E-state index >= 15 is 0 Å². The van der Waals surface area contributed by atoms with Crippen LogP contribution < -0.4 is 0 Å². The summed E-state index contributed by atoms with van der Waals surface area (Å²) in [7, 11) is 0. The Labute approximate surface area is 180 Å². The average Bonchev–Trinajstić information content (AvgIpc) is 2.93. The summed E-state index contributed by atoms with van der Waals surface area (Å²) in [5.41, 5.74) is 13.2. The first-order valence-electron chi connectivity index (χ1n) is 10.8. The van der Waals surface area contributed by atoms with Gasteiger partial charge in [0.15, 0.2) is 0 Å². The van der Waals surface area contributed by atoms with Gasteiger partial charge in [0, 0.05) is 17.0 Å². The van der Waals surface area contributed by atoms with E-state index in [0.717, 1.165) is 11.1 Å². The maximum atomic E-state index is 9.25. The monoisotopic (exact) mass is 393 g/mol. The summed E-state index contributed by atoms with van der Waals surface area (Å²) in [6.45, 7) is 15.5. The van der Waals surface area contributed by atoms with Crippen molar-refractivity contribution >= 4 is 22.1 Å². The topological polar surface area (TPSA) is 23.9 Å². The van der Waals surface area contributed by atoms with Crippen LogP contribution in [-0.2, 0) is 0 Å². The lowest BCUT2D eigenvalue weighted by Crippen LogP contribution is -2.10. The Hall–Kier alpha value is -2.93. The molecule has 152 valence electrons. The zero-order chi connectivity index (χ0) is 21.7. The summed E-state index contributed by atoms with van der Waals surface area (Å²) in [5, 5.41) is 11.7. The van der Waals surface area contributed by atoms with E-state index in [1.807, 2.05) is 0 Å². The second kappa shape index (κ2) is 7.40. The van der Waals surface area contributed by atoms with Crippen molar-refractivity contribution in [2.24, 2.45) is 5.92 Å². The predicted octanol–water partition coefficient (Wildman–Crippen LogP) is 7.94. The standard InChI is InChI=1S/C29H31N/c1-16-12-13-25(20(5)17(16)2)29(30)27-15-24-11-9-8-10-23(24)14-26(27)28-21(6)18(3)19(4)22(28)7/h8-15,21,30H,1-7H3. The molecule has 1 aliphatic rings.